The summed E-state index contributed by atoms with van der Waals surface area (Å²) in [5.74, 6) is 0. The van der Waals surface area contributed by atoms with Crippen molar-refractivity contribution >= 4 is 62.9 Å². The number of rotatable bonds is 2. The Bertz CT molecular complexity index is 1820. The van der Waals surface area contributed by atoms with E-state index < -0.39 is 0 Å². The first-order valence-corrected chi connectivity index (χ1v) is 14.2. The fourth-order valence-corrected chi connectivity index (χ4v) is 7.87. The summed E-state index contributed by atoms with van der Waals surface area (Å²) in [6.07, 6.45) is 0. The van der Waals surface area contributed by atoms with Crippen LogP contribution in [0.3, 0.4) is 0 Å². The first-order chi connectivity index (χ1) is 19.6. The van der Waals surface area contributed by atoms with Gasteiger partial charge < -0.3 is 19.6 Å². The molecule has 4 aliphatic heterocycles. The summed E-state index contributed by atoms with van der Waals surface area (Å²) in [7, 11) is 0. The number of hydrogen-bond donors (Lipinski definition) is 0. The SMILES string of the molecule is CC1(C)N(c2ccccc2)c2cccc3c2N1c1cccc2c1B3c1cccc3c1N2CN(c1ccccc1)C3. The van der Waals surface area contributed by atoms with Crippen molar-refractivity contribution in [3.05, 3.63) is 121 Å². The average Bonchev–Trinajstić information content (AvgIpc) is 3.24. The minimum atomic E-state index is -0.278. The summed E-state index contributed by atoms with van der Waals surface area (Å²) in [6.45, 7) is 6.67. The highest BCUT2D eigenvalue weighted by molar-refractivity contribution is 7.00. The lowest BCUT2D eigenvalue weighted by molar-refractivity contribution is 0.541. The maximum Gasteiger partial charge on any atom is 0.252 e. The second-order valence-corrected chi connectivity index (χ2v) is 11.8. The van der Waals surface area contributed by atoms with E-state index in [1.165, 1.54) is 61.8 Å². The first kappa shape index (κ1) is 22.2. The number of fused-ring (bicyclic) bond motifs is 4. The monoisotopic (exact) mass is 516 g/mol. The third-order valence-electron chi connectivity index (χ3n) is 9.34. The van der Waals surface area contributed by atoms with Crippen molar-refractivity contribution in [2.24, 2.45) is 0 Å². The number of benzene rings is 5. The number of hydrogen-bond acceptors (Lipinski definition) is 4. The lowest BCUT2D eigenvalue weighted by Gasteiger charge is -2.49. The van der Waals surface area contributed by atoms with Crippen molar-refractivity contribution < 1.29 is 0 Å². The van der Waals surface area contributed by atoms with Crippen LogP contribution < -0.4 is 36.0 Å². The van der Waals surface area contributed by atoms with Crippen molar-refractivity contribution in [1.29, 1.82) is 0 Å². The smallest absolute Gasteiger partial charge is 0.252 e. The Labute approximate surface area is 235 Å². The van der Waals surface area contributed by atoms with Crippen molar-refractivity contribution in [3.63, 3.8) is 0 Å². The molecule has 0 aliphatic carbocycles. The Hall–Kier alpha value is -4.64. The van der Waals surface area contributed by atoms with E-state index in [-0.39, 0.29) is 12.4 Å². The maximum absolute atomic E-state index is 2.60. The quantitative estimate of drug-likeness (QED) is 0.268. The molecule has 5 heteroatoms. The average molecular weight is 516 g/mol. The molecule has 0 N–H and O–H groups in total. The molecule has 0 saturated heterocycles. The van der Waals surface area contributed by atoms with E-state index in [1.54, 1.807) is 0 Å². The highest BCUT2D eigenvalue weighted by Crippen LogP contribution is 2.54. The highest BCUT2D eigenvalue weighted by atomic mass is 15.5. The van der Waals surface area contributed by atoms with Crippen LogP contribution in [0.2, 0.25) is 0 Å². The van der Waals surface area contributed by atoms with Crippen LogP contribution in [0.4, 0.5) is 39.8 Å². The molecule has 4 nitrogen and oxygen atoms in total. The van der Waals surface area contributed by atoms with Crippen LogP contribution >= 0.6 is 0 Å². The van der Waals surface area contributed by atoms with Crippen LogP contribution in [0.25, 0.3) is 0 Å². The van der Waals surface area contributed by atoms with Crippen LogP contribution in [0.5, 0.6) is 0 Å². The van der Waals surface area contributed by atoms with Gasteiger partial charge in [-0.25, -0.2) is 0 Å². The standard InChI is InChI=1S/C35H29BN4/c1-35(2)39(26-15-7-4-8-16-26)31-21-10-18-28-34(31)40(35)30-20-11-19-29-32(30)36(28)27-17-9-12-24-22-37(23-38(29)33(24)27)25-13-5-3-6-14-25/h3-21H,22-23H2,1-2H3. The fraction of sp³-hybridized carbons (Fsp3) is 0.143. The van der Waals surface area contributed by atoms with E-state index in [0.717, 1.165) is 13.2 Å². The van der Waals surface area contributed by atoms with E-state index in [4.69, 9.17) is 0 Å². The molecular weight excluding hydrogens is 487 g/mol. The molecule has 0 atom stereocenters. The molecule has 0 saturated carbocycles. The van der Waals surface area contributed by atoms with Crippen LogP contribution in [0.1, 0.15) is 19.4 Å². The van der Waals surface area contributed by atoms with Crippen molar-refractivity contribution in [2.75, 3.05) is 26.3 Å². The molecule has 4 heterocycles. The van der Waals surface area contributed by atoms with Crippen molar-refractivity contribution in [2.45, 2.75) is 26.1 Å². The Morgan fingerprint density at radius 3 is 1.98 bits per heavy atom. The zero-order chi connectivity index (χ0) is 26.6. The molecule has 5 aromatic carbocycles. The number of para-hydroxylation sites is 4. The maximum atomic E-state index is 2.60. The van der Waals surface area contributed by atoms with Gasteiger partial charge in [-0.15, -0.1) is 0 Å². The molecule has 0 bridgehead atoms. The van der Waals surface area contributed by atoms with Gasteiger partial charge in [0.05, 0.1) is 18.0 Å². The highest BCUT2D eigenvalue weighted by Gasteiger charge is 2.53. The van der Waals surface area contributed by atoms with Gasteiger partial charge in [0.1, 0.15) is 5.66 Å². The van der Waals surface area contributed by atoms with Crippen LogP contribution in [-0.4, -0.2) is 19.0 Å². The minimum Gasteiger partial charge on any atom is -0.349 e. The Morgan fingerprint density at radius 2 is 1.20 bits per heavy atom. The van der Waals surface area contributed by atoms with E-state index in [9.17, 15) is 0 Å². The molecule has 192 valence electrons. The van der Waals surface area contributed by atoms with Gasteiger partial charge in [-0.05, 0) is 78.3 Å². The largest absolute Gasteiger partial charge is 0.349 e. The van der Waals surface area contributed by atoms with Gasteiger partial charge in [0, 0.05) is 35.0 Å². The summed E-state index contributed by atoms with van der Waals surface area (Å²) in [6, 6.07) is 42.5. The molecule has 0 radical (unpaired) electrons. The summed E-state index contributed by atoms with van der Waals surface area (Å²) >= 11 is 0. The van der Waals surface area contributed by atoms with Crippen molar-refractivity contribution in [3.8, 4) is 0 Å². The van der Waals surface area contributed by atoms with E-state index in [2.05, 4.69) is 149 Å². The Kier molecular flexibility index (Phi) is 4.29. The Morgan fingerprint density at radius 1 is 0.575 bits per heavy atom. The molecule has 4 aliphatic rings. The summed E-state index contributed by atoms with van der Waals surface area (Å²) < 4.78 is 0. The molecule has 40 heavy (non-hydrogen) atoms. The summed E-state index contributed by atoms with van der Waals surface area (Å²) in [4.78, 5) is 10.2. The van der Waals surface area contributed by atoms with Crippen LogP contribution in [0.15, 0.2) is 115 Å². The minimum absolute atomic E-state index is 0.207. The summed E-state index contributed by atoms with van der Waals surface area (Å²) in [5.41, 5.74) is 14.5. The number of anilines is 7. The predicted molar refractivity (Wildman–Crippen MR) is 168 cm³/mol. The second kappa shape index (κ2) is 7.73. The molecule has 9 rings (SSSR count). The van der Waals surface area contributed by atoms with Gasteiger partial charge in [0.25, 0.3) is 6.71 Å². The predicted octanol–water partition coefficient (Wildman–Crippen LogP) is 5.97. The van der Waals surface area contributed by atoms with Gasteiger partial charge in [-0.1, -0.05) is 72.8 Å². The lowest BCUT2D eigenvalue weighted by atomic mass is 9.33. The molecule has 0 fully saturated rings. The van der Waals surface area contributed by atoms with E-state index in [0.29, 0.717) is 0 Å². The molecule has 0 amide bonds. The first-order valence-electron chi connectivity index (χ1n) is 14.2. The lowest BCUT2D eigenvalue weighted by Crippen LogP contribution is -2.65. The van der Waals surface area contributed by atoms with Gasteiger partial charge in [-0.3, -0.25) is 0 Å². The summed E-state index contributed by atoms with van der Waals surface area (Å²) in [5, 5.41) is 0. The van der Waals surface area contributed by atoms with Gasteiger partial charge in [0.2, 0.25) is 0 Å². The van der Waals surface area contributed by atoms with Crippen LogP contribution in [-0.2, 0) is 6.54 Å². The topological polar surface area (TPSA) is 13.0 Å². The van der Waals surface area contributed by atoms with Crippen LogP contribution in [0, 0.1) is 0 Å². The fourth-order valence-electron chi connectivity index (χ4n) is 7.87. The van der Waals surface area contributed by atoms with Gasteiger partial charge >= 0.3 is 0 Å². The normalized spacial score (nSPS) is 17.0. The zero-order valence-electron chi connectivity index (χ0n) is 22.8. The van der Waals surface area contributed by atoms with Gasteiger partial charge in [-0.2, -0.15) is 0 Å². The van der Waals surface area contributed by atoms with Gasteiger partial charge in [0.15, 0.2) is 0 Å². The molecule has 0 unspecified atom stereocenters. The Balaban J connectivity index is 1.31. The molecule has 0 spiro atoms. The zero-order valence-corrected chi connectivity index (χ0v) is 22.8. The number of nitrogens with zero attached hydrogens (tertiary/aromatic N) is 4. The molecular formula is C35H29BN4. The third kappa shape index (κ3) is 2.72. The van der Waals surface area contributed by atoms with Crippen molar-refractivity contribution in [1.82, 2.24) is 0 Å². The van der Waals surface area contributed by atoms with E-state index in [1.807, 2.05) is 0 Å². The van der Waals surface area contributed by atoms with E-state index >= 15 is 0 Å². The third-order valence-corrected chi connectivity index (χ3v) is 9.34. The molecule has 0 aromatic heterocycles. The molecule has 5 aromatic rings. The second-order valence-electron chi connectivity index (χ2n) is 11.8.